The molecule has 0 spiro atoms. The molecule has 0 bridgehead atoms. The third kappa shape index (κ3) is 7.18. The molecule has 3 N–H and O–H groups in total. The van der Waals surface area contributed by atoms with Crippen LogP contribution >= 0.6 is 11.6 Å². The lowest BCUT2D eigenvalue weighted by Gasteiger charge is -2.27. The number of benzene rings is 1. The molecule has 248 valence electrons. The maximum Gasteiger partial charge on any atom is 0.407 e. The molecule has 0 radical (unpaired) electrons. The van der Waals surface area contributed by atoms with Gasteiger partial charge in [0, 0.05) is 36.3 Å². The van der Waals surface area contributed by atoms with Crippen LogP contribution in [0.4, 0.5) is 4.79 Å². The molecule has 2 aromatic rings. The molecular formula is C35H39ClN4O7. The van der Waals surface area contributed by atoms with Gasteiger partial charge in [0.05, 0.1) is 17.1 Å². The van der Waals surface area contributed by atoms with Gasteiger partial charge < -0.3 is 30.1 Å². The van der Waals surface area contributed by atoms with Crippen LogP contribution in [0.1, 0.15) is 76.3 Å². The number of carbonyl (C=O) groups is 4. The number of amides is 3. The quantitative estimate of drug-likeness (QED) is 0.308. The first kappa shape index (κ1) is 32.6. The summed E-state index contributed by atoms with van der Waals surface area (Å²) < 4.78 is 12.0. The van der Waals surface area contributed by atoms with Crippen LogP contribution in [0.25, 0.3) is 10.9 Å². The molecule has 2 saturated carbocycles. The molecule has 6 rings (SSSR count). The minimum absolute atomic E-state index is 0.0478. The average molecular weight is 663 g/mol. The number of carboxylic acid groups (broad SMARTS) is 1. The van der Waals surface area contributed by atoms with E-state index in [2.05, 4.69) is 21.5 Å². The Morgan fingerprint density at radius 3 is 2.70 bits per heavy atom. The Morgan fingerprint density at radius 2 is 1.94 bits per heavy atom. The topological polar surface area (TPSA) is 147 Å². The molecule has 1 saturated heterocycles. The fourth-order valence-electron chi connectivity index (χ4n) is 7.03. The van der Waals surface area contributed by atoms with Crippen molar-refractivity contribution in [3.05, 3.63) is 47.1 Å². The highest BCUT2D eigenvalue weighted by molar-refractivity contribution is 6.35. The summed E-state index contributed by atoms with van der Waals surface area (Å²) in [4.78, 5) is 58.9. The maximum absolute atomic E-state index is 14.0. The molecule has 5 atom stereocenters. The van der Waals surface area contributed by atoms with E-state index in [1.54, 1.807) is 24.3 Å². The van der Waals surface area contributed by atoms with E-state index in [-0.39, 0.29) is 43.7 Å². The zero-order chi connectivity index (χ0) is 33.1. The molecule has 47 heavy (non-hydrogen) atoms. The van der Waals surface area contributed by atoms with E-state index in [4.69, 9.17) is 27.5 Å². The molecule has 1 aromatic carbocycles. The number of alkyl carbamates (subject to hydrolysis) is 1. The summed E-state index contributed by atoms with van der Waals surface area (Å²) in [5.41, 5.74) is -0.636. The number of carbonyl (C=O) groups excluding carboxylic acids is 3. The Hall–Kier alpha value is -4.30. The molecule has 1 aromatic heterocycles. The van der Waals surface area contributed by atoms with Gasteiger partial charge >= 0.3 is 12.1 Å². The number of halogens is 1. The lowest BCUT2D eigenvalue weighted by molar-refractivity contribution is -0.145. The first-order valence-electron chi connectivity index (χ1n) is 16.4. The highest BCUT2D eigenvalue weighted by Crippen LogP contribution is 2.45. The van der Waals surface area contributed by atoms with Gasteiger partial charge in [0.1, 0.15) is 35.2 Å². The van der Waals surface area contributed by atoms with Gasteiger partial charge in [-0.05, 0) is 63.5 Å². The van der Waals surface area contributed by atoms with E-state index in [1.807, 2.05) is 12.2 Å². The fourth-order valence-corrected chi connectivity index (χ4v) is 7.25. The lowest BCUT2D eigenvalue weighted by Crippen LogP contribution is -2.53. The predicted octanol–water partition coefficient (Wildman–Crippen LogP) is 4.74. The number of hydrogen-bond donors (Lipinski definition) is 3. The van der Waals surface area contributed by atoms with Crippen molar-refractivity contribution in [1.29, 1.82) is 0 Å². The van der Waals surface area contributed by atoms with Gasteiger partial charge in [-0.2, -0.15) is 0 Å². The van der Waals surface area contributed by atoms with Crippen molar-refractivity contribution >= 4 is 46.4 Å². The van der Waals surface area contributed by atoms with Crippen molar-refractivity contribution in [1.82, 2.24) is 20.5 Å². The van der Waals surface area contributed by atoms with Crippen molar-refractivity contribution in [2.24, 2.45) is 5.92 Å². The van der Waals surface area contributed by atoms with Gasteiger partial charge in [0.25, 0.3) is 0 Å². The van der Waals surface area contributed by atoms with Crippen LogP contribution in [-0.4, -0.2) is 75.2 Å². The maximum atomic E-state index is 14.0. The number of terminal acetylenes is 1. The number of allylic oxidation sites excluding steroid dienone is 1. The van der Waals surface area contributed by atoms with Gasteiger partial charge in [-0.1, -0.05) is 42.2 Å². The minimum atomic E-state index is -1.42. The summed E-state index contributed by atoms with van der Waals surface area (Å²) in [6.07, 6.45) is 15.0. The summed E-state index contributed by atoms with van der Waals surface area (Å²) in [6, 6.07) is 5.39. The van der Waals surface area contributed by atoms with Crippen molar-refractivity contribution in [3.8, 4) is 18.1 Å². The zero-order valence-corrected chi connectivity index (χ0v) is 26.8. The Balaban J connectivity index is 1.26. The van der Waals surface area contributed by atoms with Gasteiger partial charge in [-0.3, -0.25) is 9.59 Å². The summed E-state index contributed by atoms with van der Waals surface area (Å²) in [5, 5.41) is 16.8. The number of nitrogens with zero attached hydrogens (tertiary/aromatic N) is 2. The highest BCUT2D eigenvalue weighted by atomic mass is 35.5. The summed E-state index contributed by atoms with van der Waals surface area (Å²) in [5.74, 6) is 0.562. The van der Waals surface area contributed by atoms with Crippen LogP contribution in [0, 0.1) is 18.3 Å². The lowest BCUT2D eigenvalue weighted by atomic mass is 10.0. The van der Waals surface area contributed by atoms with E-state index >= 15 is 0 Å². The van der Waals surface area contributed by atoms with Crippen molar-refractivity contribution in [3.63, 3.8) is 0 Å². The molecule has 2 aliphatic heterocycles. The van der Waals surface area contributed by atoms with Crippen LogP contribution < -0.4 is 15.4 Å². The second kappa shape index (κ2) is 13.8. The Bertz CT molecular complexity index is 1630. The molecular weight excluding hydrogens is 624 g/mol. The van der Waals surface area contributed by atoms with E-state index in [0.717, 1.165) is 44.9 Å². The van der Waals surface area contributed by atoms with Crippen molar-refractivity contribution in [2.45, 2.75) is 100 Å². The summed E-state index contributed by atoms with van der Waals surface area (Å²) in [6.45, 7) is 0.0648. The van der Waals surface area contributed by atoms with Gasteiger partial charge in [-0.15, -0.1) is 6.42 Å². The van der Waals surface area contributed by atoms with Gasteiger partial charge in [0.2, 0.25) is 11.8 Å². The second-order valence-electron chi connectivity index (χ2n) is 13.0. The Labute approximate surface area is 278 Å². The van der Waals surface area contributed by atoms with Crippen LogP contribution in [-0.2, 0) is 19.1 Å². The van der Waals surface area contributed by atoms with E-state index in [1.165, 1.54) is 4.90 Å². The number of carboxylic acids is 1. The number of para-hydroxylation sites is 1. The number of aromatic nitrogens is 1. The third-order valence-corrected chi connectivity index (χ3v) is 9.99. The number of hydrogen-bond acceptors (Lipinski definition) is 7. The number of pyridine rings is 1. The normalized spacial score (nSPS) is 29.0. The molecule has 0 unspecified atom stereocenters. The second-order valence-corrected chi connectivity index (χ2v) is 13.4. The van der Waals surface area contributed by atoms with E-state index in [0.29, 0.717) is 33.8 Å². The predicted molar refractivity (Wildman–Crippen MR) is 174 cm³/mol. The number of fused-ring (bicyclic) bond motifs is 3. The third-order valence-electron chi connectivity index (χ3n) is 9.68. The average Bonchev–Trinajstić information content (AvgIpc) is 3.32. The zero-order valence-electron chi connectivity index (χ0n) is 26.1. The first-order chi connectivity index (χ1) is 22.7. The fraction of sp³-hybridized carbons (Fsp3) is 0.514. The monoisotopic (exact) mass is 662 g/mol. The molecule has 3 fully saturated rings. The molecule has 12 heteroatoms. The van der Waals surface area contributed by atoms with Crippen molar-refractivity contribution in [2.75, 3.05) is 6.54 Å². The van der Waals surface area contributed by atoms with Gasteiger partial charge in [0.15, 0.2) is 0 Å². The SMILES string of the molecule is C#Cc1cc(O[C@@H]2C[C@H]3C(=O)N[C@]4(C(=O)O)C[C@@H]4/C=C\CCCC[C@H](NC(=O)OC4CCCC4)CC(=O)N3C2)c2cccc(Cl)c2n1. The molecule has 3 amide bonds. The standard InChI is InChI=1S/C35H39ClN4O7/c1-2-22-16-29(26-14-9-15-27(36)31(26)37-22)46-25-18-28-32(42)39-35(33(43)44)19-21(35)10-5-3-4-6-11-23(17-30(41)40(28)20-25)38-34(45)47-24-12-7-8-13-24/h1,5,9-10,14-16,21,23-25,28H,3-4,6-8,11-13,17-20H2,(H,38,45)(H,39,42)(H,43,44)/b10-5-/t21-,23-,25+,28-,35+/m0/s1. The smallest absolute Gasteiger partial charge is 0.407 e. The van der Waals surface area contributed by atoms with Crippen LogP contribution in [0.2, 0.25) is 5.02 Å². The first-order valence-corrected chi connectivity index (χ1v) is 16.8. The summed E-state index contributed by atoms with van der Waals surface area (Å²) >= 11 is 6.41. The number of rotatable bonds is 5. The number of ether oxygens (including phenoxy) is 2. The van der Waals surface area contributed by atoms with Crippen LogP contribution in [0.15, 0.2) is 36.4 Å². The summed E-state index contributed by atoms with van der Waals surface area (Å²) in [7, 11) is 0. The molecule has 3 heterocycles. The van der Waals surface area contributed by atoms with Crippen LogP contribution in [0.3, 0.4) is 0 Å². The molecule has 11 nitrogen and oxygen atoms in total. The largest absolute Gasteiger partial charge is 0.488 e. The van der Waals surface area contributed by atoms with E-state index in [9.17, 15) is 24.3 Å². The van der Waals surface area contributed by atoms with Gasteiger partial charge in [-0.25, -0.2) is 14.6 Å². The molecule has 4 aliphatic rings. The van der Waals surface area contributed by atoms with E-state index < -0.39 is 41.7 Å². The number of nitrogens with one attached hydrogen (secondary N) is 2. The highest BCUT2D eigenvalue weighted by Gasteiger charge is 2.61. The number of aliphatic carboxylic acids is 1. The van der Waals surface area contributed by atoms with Crippen molar-refractivity contribution < 1.29 is 33.8 Å². The minimum Gasteiger partial charge on any atom is -0.488 e. The molecule has 2 aliphatic carbocycles. The Morgan fingerprint density at radius 1 is 1.15 bits per heavy atom. The van der Waals surface area contributed by atoms with Crippen LogP contribution in [0.5, 0.6) is 5.75 Å². The Kier molecular flexibility index (Phi) is 9.60.